The summed E-state index contributed by atoms with van der Waals surface area (Å²) in [5.41, 5.74) is 1.14. The Morgan fingerprint density at radius 3 is 2.64 bits per heavy atom. The van der Waals surface area contributed by atoms with Crippen LogP contribution < -0.4 is 15.4 Å². The fourth-order valence-electron chi connectivity index (χ4n) is 3.77. The lowest BCUT2D eigenvalue weighted by atomic mass is 9.97. The normalized spacial score (nSPS) is 12.7. The molecule has 0 amide bonds. The molecule has 3 aromatic rings. The lowest BCUT2D eigenvalue weighted by molar-refractivity contribution is 0.0577. The van der Waals surface area contributed by atoms with Crippen molar-refractivity contribution < 1.29 is 14.9 Å². The summed E-state index contributed by atoms with van der Waals surface area (Å²) < 4.78 is 7.31. The van der Waals surface area contributed by atoms with Crippen LogP contribution in [0.1, 0.15) is 58.9 Å². The van der Waals surface area contributed by atoms with Crippen LogP contribution in [0.15, 0.2) is 24.5 Å². The average Bonchev–Trinajstić information content (AvgIpc) is 3.19. The van der Waals surface area contributed by atoms with Gasteiger partial charge in [-0.3, -0.25) is 0 Å². The maximum absolute atomic E-state index is 10.5. The summed E-state index contributed by atoms with van der Waals surface area (Å²) in [6.07, 6.45) is 5.81. The third-order valence-electron chi connectivity index (χ3n) is 5.76. The molecule has 4 N–H and O–H groups in total. The van der Waals surface area contributed by atoms with E-state index in [1.54, 1.807) is 45.5 Å². The quantitative estimate of drug-likeness (QED) is 0.298. The highest BCUT2D eigenvalue weighted by atomic mass is 16.5. The lowest BCUT2D eigenvalue weighted by Crippen LogP contribution is -2.41. The molecule has 33 heavy (non-hydrogen) atoms. The number of benzene rings is 1. The summed E-state index contributed by atoms with van der Waals surface area (Å²) in [5, 5.41) is 27.4. The lowest BCUT2D eigenvalue weighted by Gasteiger charge is -2.29. The number of ether oxygens (including phenoxy) is 1. The second-order valence-electron chi connectivity index (χ2n) is 8.82. The van der Waals surface area contributed by atoms with Gasteiger partial charge in [-0.1, -0.05) is 26.7 Å². The number of unbranched alkanes of at least 4 members (excludes halogenated alkanes) is 2. The maximum Gasteiger partial charge on any atom is 0.227 e. The van der Waals surface area contributed by atoms with Gasteiger partial charge in [-0.05, 0) is 44.9 Å². The van der Waals surface area contributed by atoms with Crippen molar-refractivity contribution in [2.45, 2.75) is 78.1 Å². The van der Waals surface area contributed by atoms with Gasteiger partial charge in [0.1, 0.15) is 11.5 Å². The molecule has 1 unspecified atom stereocenters. The first-order chi connectivity index (χ1) is 15.8. The molecule has 9 nitrogen and oxygen atoms in total. The molecule has 1 aromatic carbocycles. The van der Waals surface area contributed by atoms with Crippen molar-refractivity contribution in [2.24, 2.45) is 0 Å². The Hall–Kier alpha value is -3.07. The zero-order valence-corrected chi connectivity index (χ0v) is 20.2. The number of hydrogen-bond acceptors (Lipinski definition) is 8. The minimum absolute atomic E-state index is 0.171. The first-order valence-corrected chi connectivity index (χ1v) is 11.6. The summed E-state index contributed by atoms with van der Waals surface area (Å²) in [4.78, 5) is 14.0. The molecule has 0 saturated carbocycles. The Kier molecular flexibility index (Phi) is 7.97. The molecule has 0 fully saturated rings. The molecule has 1 atom stereocenters. The van der Waals surface area contributed by atoms with Gasteiger partial charge in [-0.15, -0.1) is 0 Å². The summed E-state index contributed by atoms with van der Waals surface area (Å²) in [6.45, 7) is 8.88. The number of hydrogen-bond donors (Lipinski definition) is 4. The van der Waals surface area contributed by atoms with E-state index in [2.05, 4.69) is 27.5 Å². The van der Waals surface area contributed by atoms with Crippen molar-refractivity contribution in [3.05, 3.63) is 30.1 Å². The number of aryl methyl sites for hydroxylation is 1. The Morgan fingerprint density at radius 1 is 1.18 bits per heavy atom. The number of aromatic hydroxyl groups is 1. The standard InChI is InChI=1S/C24H36N6O3/c1-6-8-9-12-30-15-26-20-21(25-14-16-13-17(33-5)10-11-18(16)31)28-23(29-22(20)30)27-19(7-2)24(3,4)32/h10-11,13,15,19,31-32H,6-9,12,14H2,1-5H3,(H2,25,27,28,29). The topological polar surface area (TPSA) is 117 Å². The highest BCUT2D eigenvalue weighted by Crippen LogP contribution is 2.27. The van der Waals surface area contributed by atoms with Crippen LogP contribution >= 0.6 is 0 Å². The second-order valence-corrected chi connectivity index (χ2v) is 8.82. The predicted octanol–water partition coefficient (Wildman–Crippen LogP) is 4.30. The van der Waals surface area contributed by atoms with E-state index in [0.29, 0.717) is 41.6 Å². The summed E-state index contributed by atoms with van der Waals surface area (Å²) in [5.74, 6) is 1.82. The van der Waals surface area contributed by atoms with Crippen molar-refractivity contribution in [2.75, 3.05) is 17.7 Å². The van der Waals surface area contributed by atoms with Crippen molar-refractivity contribution >= 4 is 22.9 Å². The molecule has 0 bridgehead atoms. The SMILES string of the molecule is CCCCCn1cnc2c(NCc3cc(OC)ccc3O)nc(NC(CC)C(C)(C)O)nc21. The number of phenolic OH excluding ortho intramolecular Hbond substituents is 1. The number of nitrogens with zero attached hydrogens (tertiary/aromatic N) is 4. The van der Waals surface area contributed by atoms with E-state index >= 15 is 0 Å². The van der Waals surface area contributed by atoms with Gasteiger partial charge in [-0.2, -0.15) is 9.97 Å². The third-order valence-corrected chi connectivity index (χ3v) is 5.76. The molecule has 0 aliphatic carbocycles. The number of fused-ring (bicyclic) bond motifs is 1. The van der Waals surface area contributed by atoms with Gasteiger partial charge in [0.25, 0.3) is 0 Å². The van der Waals surface area contributed by atoms with Crippen LogP contribution in [0, 0.1) is 0 Å². The van der Waals surface area contributed by atoms with Crippen LogP contribution in [0.2, 0.25) is 0 Å². The molecule has 0 saturated heterocycles. The highest BCUT2D eigenvalue weighted by Gasteiger charge is 2.26. The van der Waals surface area contributed by atoms with E-state index in [-0.39, 0.29) is 11.8 Å². The minimum Gasteiger partial charge on any atom is -0.508 e. The number of nitrogens with one attached hydrogen (secondary N) is 2. The molecule has 2 heterocycles. The Bertz CT molecular complexity index is 1060. The number of phenols is 1. The zero-order chi connectivity index (χ0) is 24.0. The minimum atomic E-state index is -0.936. The summed E-state index contributed by atoms with van der Waals surface area (Å²) in [6, 6.07) is 4.88. The average molecular weight is 457 g/mol. The van der Waals surface area contributed by atoms with Crippen LogP contribution in [0.4, 0.5) is 11.8 Å². The second kappa shape index (κ2) is 10.7. The summed E-state index contributed by atoms with van der Waals surface area (Å²) in [7, 11) is 1.59. The zero-order valence-electron chi connectivity index (χ0n) is 20.2. The van der Waals surface area contributed by atoms with Crippen molar-refractivity contribution in [3.8, 4) is 11.5 Å². The van der Waals surface area contributed by atoms with Gasteiger partial charge in [-0.25, -0.2) is 4.98 Å². The van der Waals surface area contributed by atoms with E-state index in [4.69, 9.17) is 9.72 Å². The van der Waals surface area contributed by atoms with Gasteiger partial charge >= 0.3 is 0 Å². The molecule has 180 valence electrons. The van der Waals surface area contributed by atoms with Crippen LogP contribution in [0.3, 0.4) is 0 Å². The number of rotatable bonds is 12. The number of methoxy groups -OCH3 is 1. The van der Waals surface area contributed by atoms with E-state index in [1.165, 1.54) is 0 Å². The molecule has 0 aliphatic heterocycles. The van der Waals surface area contributed by atoms with Crippen LogP contribution in [0.25, 0.3) is 11.2 Å². The van der Waals surface area contributed by atoms with Gasteiger partial charge in [0, 0.05) is 18.7 Å². The summed E-state index contributed by atoms with van der Waals surface area (Å²) >= 11 is 0. The number of anilines is 2. The van der Waals surface area contributed by atoms with E-state index in [0.717, 1.165) is 31.5 Å². The van der Waals surface area contributed by atoms with Crippen LogP contribution in [-0.4, -0.2) is 48.5 Å². The van der Waals surface area contributed by atoms with Gasteiger partial charge < -0.3 is 30.2 Å². The molecule has 0 spiro atoms. The number of aliphatic hydroxyl groups is 1. The smallest absolute Gasteiger partial charge is 0.227 e. The van der Waals surface area contributed by atoms with E-state index in [9.17, 15) is 10.2 Å². The first-order valence-electron chi connectivity index (χ1n) is 11.6. The largest absolute Gasteiger partial charge is 0.508 e. The molecule has 0 aliphatic rings. The molecular formula is C24H36N6O3. The number of imidazole rings is 1. The van der Waals surface area contributed by atoms with Gasteiger partial charge in [0.2, 0.25) is 5.95 Å². The van der Waals surface area contributed by atoms with E-state index in [1.807, 2.05) is 11.5 Å². The van der Waals surface area contributed by atoms with Crippen LogP contribution in [-0.2, 0) is 13.1 Å². The van der Waals surface area contributed by atoms with Crippen LogP contribution in [0.5, 0.6) is 11.5 Å². The highest BCUT2D eigenvalue weighted by molar-refractivity contribution is 5.84. The molecule has 3 rings (SSSR count). The van der Waals surface area contributed by atoms with E-state index < -0.39 is 5.60 Å². The van der Waals surface area contributed by atoms with Gasteiger partial charge in [0.15, 0.2) is 17.0 Å². The number of aromatic nitrogens is 4. The van der Waals surface area contributed by atoms with Crippen molar-refractivity contribution in [1.82, 2.24) is 19.5 Å². The molecule has 2 aromatic heterocycles. The van der Waals surface area contributed by atoms with Crippen molar-refractivity contribution in [1.29, 1.82) is 0 Å². The fraction of sp³-hybridized carbons (Fsp3) is 0.542. The molecule has 0 radical (unpaired) electrons. The Balaban J connectivity index is 1.95. The Morgan fingerprint density at radius 2 is 1.97 bits per heavy atom. The third kappa shape index (κ3) is 6.04. The molecular weight excluding hydrogens is 420 g/mol. The van der Waals surface area contributed by atoms with Gasteiger partial charge in [0.05, 0.1) is 25.1 Å². The monoisotopic (exact) mass is 456 g/mol. The predicted molar refractivity (Wildman–Crippen MR) is 131 cm³/mol. The fourth-order valence-corrected chi connectivity index (χ4v) is 3.77. The Labute approximate surface area is 195 Å². The molecule has 9 heteroatoms. The first kappa shape index (κ1) is 24.6. The van der Waals surface area contributed by atoms with Crippen molar-refractivity contribution in [3.63, 3.8) is 0 Å². The maximum atomic E-state index is 10.5.